The molecule has 4 rings (SSSR count). The molecule has 0 amide bonds. The van der Waals surface area contributed by atoms with Crippen molar-refractivity contribution in [3.63, 3.8) is 0 Å². The highest BCUT2D eigenvalue weighted by Crippen LogP contribution is 2.48. The monoisotopic (exact) mass is 311 g/mol. The highest BCUT2D eigenvalue weighted by Gasteiger charge is 2.42. The predicted molar refractivity (Wildman–Crippen MR) is 89.4 cm³/mol. The van der Waals surface area contributed by atoms with E-state index in [9.17, 15) is 4.39 Å². The van der Waals surface area contributed by atoms with Gasteiger partial charge in [-0.1, -0.05) is 31.0 Å². The van der Waals surface area contributed by atoms with E-state index in [-0.39, 0.29) is 17.3 Å². The number of benzene rings is 2. The predicted octanol–water partition coefficient (Wildman–Crippen LogP) is 4.34. The molecule has 0 aromatic heterocycles. The van der Waals surface area contributed by atoms with Crippen LogP contribution >= 0.6 is 0 Å². The molecule has 1 atom stereocenters. The third-order valence-corrected chi connectivity index (χ3v) is 5.53. The van der Waals surface area contributed by atoms with Gasteiger partial charge in [0.1, 0.15) is 11.6 Å². The number of hydrogen-bond donors (Lipinski definition) is 1. The highest BCUT2D eigenvalue weighted by molar-refractivity contribution is 5.48. The van der Waals surface area contributed by atoms with E-state index in [0.717, 1.165) is 17.9 Å². The summed E-state index contributed by atoms with van der Waals surface area (Å²) >= 11 is 0. The average Bonchev–Trinajstić information content (AvgIpc) is 3.04. The van der Waals surface area contributed by atoms with E-state index in [1.54, 1.807) is 19.2 Å². The first-order chi connectivity index (χ1) is 11.2. The fraction of sp³-hybridized carbons (Fsp3) is 0.400. The average molecular weight is 311 g/mol. The SMILES string of the molecule is COc1ccc2c(c1)C1(CCCC1)CNC2c1cccc(F)c1. The van der Waals surface area contributed by atoms with Crippen molar-refractivity contribution in [1.82, 2.24) is 5.32 Å². The van der Waals surface area contributed by atoms with Crippen LogP contribution in [0.4, 0.5) is 4.39 Å². The van der Waals surface area contributed by atoms with Crippen molar-refractivity contribution in [2.24, 2.45) is 0 Å². The van der Waals surface area contributed by atoms with E-state index < -0.39 is 0 Å². The van der Waals surface area contributed by atoms with Crippen molar-refractivity contribution < 1.29 is 9.13 Å². The summed E-state index contributed by atoms with van der Waals surface area (Å²) in [7, 11) is 1.72. The van der Waals surface area contributed by atoms with Gasteiger partial charge in [-0.25, -0.2) is 4.39 Å². The number of rotatable bonds is 2. The lowest BCUT2D eigenvalue weighted by atomic mass is 9.71. The van der Waals surface area contributed by atoms with Gasteiger partial charge in [-0.3, -0.25) is 0 Å². The van der Waals surface area contributed by atoms with Gasteiger partial charge in [0.25, 0.3) is 0 Å². The molecule has 1 spiro atoms. The van der Waals surface area contributed by atoms with Crippen molar-refractivity contribution in [2.45, 2.75) is 37.1 Å². The zero-order valence-electron chi connectivity index (χ0n) is 13.4. The molecule has 0 bridgehead atoms. The molecule has 0 saturated heterocycles. The normalized spacial score (nSPS) is 22.1. The summed E-state index contributed by atoms with van der Waals surface area (Å²) in [6.45, 7) is 0.953. The van der Waals surface area contributed by atoms with E-state index in [2.05, 4.69) is 17.4 Å². The summed E-state index contributed by atoms with van der Waals surface area (Å²) in [4.78, 5) is 0. The van der Waals surface area contributed by atoms with Crippen LogP contribution in [0.5, 0.6) is 5.75 Å². The quantitative estimate of drug-likeness (QED) is 0.891. The third kappa shape index (κ3) is 2.43. The van der Waals surface area contributed by atoms with Crippen LogP contribution in [0.15, 0.2) is 42.5 Å². The second-order valence-corrected chi connectivity index (χ2v) is 6.81. The van der Waals surface area contributed by atoms with Gasteiger partial charge in [0.05, 0.1) is 13.2 Å². The molecule has 2 aromatic rings. The Morgan fingerprint density at radius 3 is 2.70 bits per heavy atom. The molecule has 1 unspecified atom stereocenters. The molecule has 1 fully saturated rings. The molecule has 1 heterocycles. The minimum atomic E-state index is -0.180. The molecular formula is C20H22FNO. The maximum atomic E-state index is 13.7. The Labute approximate surface area is 136 Å². The molecular weight excluding hydrogens is 289 g/mol. The van der Waals surface area contributed by atoms with Gasteiger partial charge in [0, 0.05) is 12.0 Å². The molecule has 1 aliphatic carbocycles. The summed E-state index contributed by atoms with van der Waals surface area (Å²) < 4.78 is 19.1. The summed E-state index contributed by atoms with van der Waals surface area (Å²) in [5, 5.41) is 3.68. The van der Waals surface area contributed by atoms with Gasteiger partial charge < -0.3 is 10.1 Å². The largest absolute Gasteiger partial charge is 0.497 e. The molecule has 120 valence electrons. The highest BCUT2D eigenvalue weighted by atomic mass is 19.1. The zero-order chi connectivity index (χ0) is 15.9. The lowest BCUT2D eigenvalue weighted by Gasteiger charge is -2.41. The fourth-order valence-corrected chi connectivity index (χ4v) is 4.36. The van der Waals surface area contributed by atoms with Crippen LogP contribution in [0.3, 0.4) is 0 Å². The maximum Gasteiger partial charge on any atom is 0.123 e. The van der Waals surface area contributed by atoms with Gasteiger partial charge in [0.15, 0.2) is 0 Å². The Kier molecular flexibility index (Phi) is 3.61. The summed E-state index contributed by atoms with van der Waals surface area (Å²) in [5.41, 5.74) is 3.87. The van der Waals surface area contributed by atoms with E-state index in [0.29, 0.717) is 0 Å². The van der Waals surface area contributed by atoms with Crippen LogP contribution in [-0.2, 0) is 5.41 Å². The van der Waals surface area contributed by atoms with Crippen LogP contribution in [0.25, 0.3) is 0 Å². The first-order valence-electron chi connectivity index (χ1n) is 8.39. The van der Waals surface area contributed by atoms with Crippen molar-refractivity contribution in [3.8, 4) is 5.75 Å². The minimum Gasteiger partial charge on any atom is -0.497 e. The third-order valence-electron chi connectivity index (χ3n) is 5.53. The number of nitrogens with one attached hydrogen (secondary N) is 1. The Morgan fingerprint density at radius 2 is 1.96 bits per heavy atom. The number of hydrogen-bond acceptors (Lipinski definition) is 2. The number of halogens is 1. The molecule has 23 heavy (non-hydrogen) atoms. The van der Waals surface area contributed by atoms with Crippen molar-refractivity contribution in [3.05, 3.63) is 65.0 Å². The molecule has 2 nitrogen and oxygen atoms in total. The number of ether oxygens (including phenoxy) is 1. The van der Waals surface area contributed by atoms with Crippen LogP contribution in [0.2, 0.25) is 0 Å². The maximum absolute atomic E-state index is 13.7. The van der Waals surface area contributed by atoms with Gasteiger partial charge >= 0.3 is 0 Å². The lowest BCUT2D eigenvalue weighted by Crippen LogP contribution is -2.44. The standard InChI is InChI=1S/C20H22FNO/c1-23-16-7-8-17-18(12-16)20(9-2-3-10-20)13-22-19(17)14-5-4-6-15(21)11-14/h4-8,11-12,19,22H,2-3,9-10,13H2,1H3. The van der Waals surface area contributed by atoms with Crippen LogP contribution in [0, 0.1) is 5.82 Å². The van der Waals surface area contributed by atoms with E-state index in [1.807, 2.05) is 12.1 Å². The van der Waals surface area contributed by atoms with Crippen molar-refractivity contribution in [2.75, 3.05) is 13.7 Å². The summed E-state index contributed by atoms with van der Waals surface area (Å²) in [6.07, 6.45) is 5.00. The topological polar surface area (TPSA) is 21.3 Å². The van der Waals surface area contributed by atoms with Crippen molar-refractivity contribution in [1.29, 1.82) is 0 Å². The van der Waals surface area contributed by atoms with Gasteiger partial charge in [0.2, 0.25) is 0 Å². The fourth-order valence-electron chi connectivity index (χ4n) is 4.36. The van der Waals surface area contributed by atoms with Crippen LogP contribution < -0.4 is 10.1 Å². The second kappa shape index (κ2) is 5.64. The van der Waals surface area contributed by atoms with E-state index in [1.165, 1.54) is 42.9 Å². The second-order valence-electron chi connectivity index (χ2n) is 6.81. The molecule has 1 N–H and O–H groups in total. The Morgan fingerprint density at radius 1 is 1.13 bits per heavy atom. The summed E-state index contributed by atoms with van der Waals surface area (Å²) in [6, 6.07) is 13.3. The molecule has 3 heteroatoms. The molecule has 1 aliphatic heterocycles. The molecule has 0 radical (unpaired) electrons. The minimum absolute atomic E-state index is 0.0535. The number of methoxy groups -OCH3 is 1. The Hall–Kier alpha value is -1.87. The van der Waals surface area contributed by atoms with Gasteiger partial charge in [-0.05, 0) is 53.8 Å². The smallest absolute Gasteiger partial charge is 0.123 e. The summed E-state index contributed by atoms with van der Waals surface area (Å²) in [5.74, 6) is 0.732. The molecule has 2 aromatic carbocycles. The molecule has 2 aliphatic rings. The zero-order valence-corrected chi connectivity index (χ0v) is 13.4. The van der Waals surface area contributed by atoms with Gasteiger partial charge in [-0.2, -0.15) is 0 Å². The Bertz CT molecular complexity index is 721. The van der Waals surface area contributed by atoms with E-state index in [4.69, 9.17) is 4.74 Å². The number of fused-ring (bicyclic) bond motifs is 2. The van der Waals surface area contributed by atoms with E-state index >= 15 is 0 Å². The molecule has 1 saturated carbocycles. The van der Waals surface area contributed by atoms with Crippen molar-refractivity contribution >= 4 is 0 Å². The Balaban J connectivity index is 1.83. The lowest BCUT2D eigenvalue weighted by molar-refractivity contribution is 0.351. The first-order valence-corrected chi connectivity index (χ1v) is 8.39. The first kappa shape index (κ1) is 14.7. The van der Waals surface area contributed by atoms with Crippen LogP contribution in [-0.4, -0.2) is 13.7 Å². The van der Waals surface area contributed by atoms with Crippen LogP contribution in [0.1, 0.15) is 48.4 Å². The van der Waals surface area contributed by atoms with Gasteiger partial charge in [-0.15, -0.1) is 0 Å².